The van der Waals surface area contributed by atoms with Gasteiger partial charge >= 0.3 is 5.97 Å². The van der Waals surface area contributed by atoms with Gasteiger partial charge in [-0.2, -0.15) is 0 Å². The van der Waals surface area contributed by atoms with Crippen molar-refractivity contribution in [3.8, 4) is 45.8 Å². The molecule has 0 saturated carbocycles. The fraction of sp³-hybridized carbons (Fsp3) is 0.500. The molecule has 404 valence electrons. The third-order valence-corrected chi connectivity index (χ3v) is 12.9. The minimum Gasteiger partial charge on any atom is -0.508 e. The molecule has 0 amide bonds. The summed E-state index contributed by atoms with van der Waals surface area (Å²) in [6.45, 7) is 3.25. The molecule has 0 unspecified atom stereocenters. The number of phenols is 4. The predicted octanol–water partition coefficient (Wildman–Crippen LogP) is -2.36. The van der Waals surface area contributed by atoms with Gasteiger partial charge in [-0.15, -0.1) is 0 Å². The maximum atomic E-state index is 14.8. The van der Waals surface area contributed by atoms with Gasteiger partial charge in [0.1, 0.15) is 95.4 Å². The lowest BCUT2D eigenvalue weighted by molar-refractivity contribution is -0.360. The van der Waals surface area contributed by atoms with Crippen LogP contribution in [0.3, 0.4) is 0 Å². The van der Waals surface area contributed by atoms with Gasteiger partial charge in [-0.05, 0) is 62.7 Å². The molecule has 5 heterocycles. The number of aromatic hydroxyl groups is 4. The number of hydrogen-bond acceptors (Lipinski definition) is 26. The summed E-state index contributed by atoms with van der Waals surface area (Å²) in [5, 5.41) is 149. The van der Waals surface area contributed by atoms with Gasteiger partial charge in [0.2, 0.25) is 23.8 Å². The van der Waals surface area contributed by atoms with Crippen molar-refractivity contribution in [2.75, 3.05) is 6.61 Å². The van der Waals surface area contributed by atoms with Crippen LogP contribution in [-0.2, 0) is 38.0 Å². The van der Waals surface area contributed by atoms with Crippen LogP contribution in [0.2, 0.25) is 0 Å². The number of ether oxygens (including phenoxy) is 9. The molecule has 4 saturated heterocycles. The number of fused-ring (bicyclic) bond motifs is 1. The van der Waals surface area contributed by atoms with E-state index in [0.29, 0.717) is 5.56 Å². The minimum atomic E-state index is -2.20. The highest BCUT2D eigenvalue weighted by molar-refractivity contribution is 5.89. The van der Waals surface area contributed by atoms with Gasteiger partial charge in [-0.1, -0.05) is 12.1 Å². The van der Waals surface area contributed by atoms with Crippen molar-refractivity contribution in [1.82, 2.24) is 0 Å². The van der Waals surface area contributed by atoms with Crippen molar-refractivity contribution in [2.24, 2.45) is 0 Å². The Morgan fingerprint density at radius 2 is 1.16 bits per heavy atom. The number of rotatable bonds is 13. The van der Waals surface area contributed by atoms with Crippen LogP contribution in [0.1, 0.15) is 26.3 Å². The van der Waals surface area contributed by atoms with Crippen LogP contribution in [0.25, 0.3) is 28.4 Å². The fourth-order valence-corrected chi connectivity index (χ4v) is 8.61. The Morgan fingerprint density at radius 3 is 1.78 bits per heavy atom. The first-order valence-corrected chi connectivity index (χ1v) is 23.1. The quantitative estimate of drug-likeness (QED) is 0.0378. The summed E-state index contributed by atoms with van der Waals surface area (Å²) in [5.41, 5.74) is -1.45. The summed E-state index contributed by atoms with van der Waals surface area (Å²) in [7, 11) is 0. The maximum Gasteiger partial charge on any atom is 0.331 e. The minimum absolute atomic E-state index is 0.0677. The van der Waals surface area contributed by atoms with E-state index in [9.17, 15) is 81.1 Å². The van der Waals surface area contributed by atoms with Crippen molar-refractivity contribution < 1.29 is 123 Å². The molecule has 8 rings (SSSR count). The smallest absolute Gasteiger partial charge is 0.331 e. The first-order valence-electron chi connectivity index (χ1n) is 23.1. The molecule has 0 aliphatic carbocycles. The van der Waals surface area contributed by atoms with E-state index in [2.05, 4.69) is 0 Å². The van der Waals surface area contributed by atoms with Gasteiger partial charge < -0.3 is 119 Å². The Hall–Kier alpha value is -5.76. The lowest BCUT2D eigenvalue weighted by Crippen LogP contribution is -2.65. The molecule has 1 aromatic heterocycles. The molecule has 26 nitrogen and oxygen atoms in total. The van der Waals surface area contributed by atoms with Crippen molar-refractivity contribution in [2.45, 2.75) is 144 Å². The molecule has 3 aromatic carbocycles. The molecule has 20 atom stereocenters. The summed E-state index contributed by atoms with van der Waals surface area (Å²) in [6, 6.07) is 10.7. The van der Waals surface area contributed by atoms with Crippen molar-refractivity contribution in [3.05, 3.63) is 76.5 Å². The summed E-state index contributed by atoms with van der Waals surface area (Å²) < 4.78 is 58.7. The van der Waals surface area contributed by atoms with E-state index in [1.165, 1.54) is 51.1 Å². The van der Waals surface area contributed by atoms with Gasteiger partial charge in [0, 0.05) is 23.8 Å². The van der Waals surface area contributed by atoms with Gasteiger partial charge in [0.25, 0.3) is 0 Å². The van der Waals surface area contributed by atoms with Crippen LogP contribution in [0.4, 0.5) is 0 Å². The zero-order valence-corrected chi connectivity index (χ0v) is 39.3. The van der Waals surface area contributed by atoms with E-state index < -0.39 is 181 Å². The lowest BCUT2D eigenvalue weighted by Gasteiger charge is -2.47. The topological polar surface area (TPSA) is 414 Å². The fourth-order valence-electron chi connectivity index (χ4n) is 8.61. The van der Waals surface area contributed by atoms with E-state index in [1.807, 2.05) is 0 Å². The average molecular weight is 1050 g/mol. The number of benzene rings is 3. The molecule has 14 N–H and O–H groups in total. The standard InChI is InChI=1S/C48H56O26/c1-16-30(54)34(58)37(61)45(66-16)65-15-27-42(72-28(53)11-6-19-4-8-21(49)9-5-19)40(64)44(74-47-39(63)36(60)32(56)18(3)68-47)48(71-27)73-43-33(57)29-25(52)13-22(69-46-38(62)35(59)31(55)17(2)67-46)14-26(29)70-41(43)20-7-10-23(50)24(51)12-20/h4-14,16-18,27,30-32,34-40,42,44-52,54-56,58-64H,15H2,1-3H3/b11-6+/t16-,17-,18+,27-,30-,31-,32+,34+,35+,36-,37+,38-,39-,40+,42+,44-,45+,46-,47+,48+/m1/s1. The van der Waals surface area contributed by atoms with E-state index >= 15 is 0 Å². The number of hydrogen-bond donors (Lipinski definition) is 14. The molecule has 0 radical (unpaired) electrons. The zero-order valence-electron chi connectivity index (χ0n) is 39.3. The largest absolute Gasteiger partial charge is 0.508 e. The monoisotopic (exact) mass is 1050 g/mol. The third kappa shape index (κ3) is 11.1. The Labute approximate surface area is 418 Å². The SMILES string of the molecule is C[C@@H]1O[C@@H](O[C@H]2[C@H](Oc3c(-c4ccc(O)c(O)c4)oc4cc(O[C@H]5O[C@H](C)[C@@H](O)[C@H](O)[C@H]5O)cc(O)c4c3=O)O[C@H](CO[C@H]3O[C@H](C)[C@@H](O)[C@H](O)[C@@H]3O)[C@H](OC(=O)/C=C/c3ccc(O)cc3)[C@@H]2O)[C@H](O)[C@H](O)[C@H]1O. The van der Waals surface area contributed by atoms with Crippen LogP contribution in [0, 0.1) is 0 Å². The molecule has 0 spiro atoms. The van der Waals surface area contributed by atoms with Crippen molar-refractivity contribution in [1.29, 1.82) is 0 Å². The van der Waals surface area contributed by atoms with Crippen LogP contribution >= 0.6 is 0 Å². The maximum absolute atomic E-state index is 14.8. The molecule has 0 bridgehead atoms. The van der Waals surface area contributed by atoms with Crippen molar-refractivity contribution >= 4 is 23.0 Å². The normalized spacial score (nSPS) is 36.7. The average Bonchev–Trinajstić information content (AvgIpc) is 3.36. The molecular formula is C48H56O26. The van der Waals surface area contributed by atoms with E-state index in [-0.39, 0.29) is 17.1 Å². The Balaban J connectivity index is 1.22. The summed E-state index contributed by atoms with van der Waals surface area (Å²) in [5.74, 6) is -5.19. The van der Waals surface area contributed by atoms with Crippen molar-refractivity contribution in [3.63, 3.8) is 0 Å². The van der Waals surface area contributed by atoms with Gasteiger partial charge in [0.05, 0.1) is 24.9 Å². The molecule has 4 aliphatic heterocycles. The van der Waals surface area contributed by atoms with Crippen LogP contribution in [0.15, 0.2) is 69.9 Å². The number of aliphatic hydroxyl groups is 10. The first kappa shape index (κ1) is 54.5. The Morgan fingerprint density at radius 1 is 0.581 bits per heavy atom. The number of carbonyl (C=O) groups is 1. The second kappa shape index (κ2) is 22.2. The van der Waals surface area contributed by atoms with Gasteiger partial charge in [-0.25, -0.2) is 4.79 Å². The summed E-state index contributed by atoms with van der Waals surface area (Å²) in [4.78, 5) is 28.4. The van der Waals surface area contributed by atoms with Crippen LogP contribution < -0.4 is 14.9 Å². The predicted molar refractivity (Wildman–Crippen MR) is 244 cm³/mol. The van der Waals surface area contributed by atoms with Crippen LogP contribution in [-0.4, -0.2) is 207 Å². The third-order valence-electron chi connectivity index (χ3n) is 12.9. The highest BCUT2D eigenvalue weighted by Gasteiger charge is 2.54. The summed E-state index contributed by atoms with van der Waals surface area (Å²) in [6.07, 6.45) is -32.4. The van der Waals surface area contributed by atoms with Gasteiger partial charge in [0.15, 0.2) is 42.0 Å². The number of esters is 1. The molecule has 4 fully saturated rings. The van der Waals surface area contributed by atoms with E-state index in [4.69, 9.17) is 47.0 Å². The highest BCUT2D eigenvalue weighted by Crippen LogP contribution is 2.41. The van der Waals surface area contributed by atoms with E-state index in [0.717, 1.165) is 36.4 Å². The van der Waals surface area contributed by atoms with E-state index in [1.54, 1.807) is 0 Å². The first-order chi connectivity index (χ1) is 35.0. The molecule has 26 heteroatoms. The highest BCUT2D eigenvalue weighted by atomic mass is 16.8. The zero-order chi connectivity index (χ0) is 53.6. The number of aliphatic hydroxyl groups excluding tert-OH is 10. The number of carbonyl (C=O) groups excluding carboxylic acids is 1. The second-order valence-electron chi connectivity index (χ2n) is 18.2. The molecule has 74 heavy (non-hydrogen) atoms. The Bertz CT molecular complexity index is 2700. The van der Waals surface area contributed by atoms with Gasteiger partial charge in [-0.3, -0.25) is 4.79 Å². The summed E-state index contributed by atoms with van der Waals surface area (Å²) >= 11 is 0. The van der Waals surface area contributed by atoms with Crippen LogP contribution in [0.5, 0.6) is 34.5 Å². The second-order valence-corrected chi connectivity index (χ2v) is 18.2. The number of phenolic OH excluding ortho intramolecular Hbond substituents is 4. The Kier molecular flexibility index (Phi) is 16.4. The molecule has 4 aromatic rings. The molecular weight excluding hydrogens is 993 g/mol. The lowest BCUT2D eigenvalue weighted by atomic mass is 9.97. The molecule has 4 aliphatic rings.